The van der Waals surface area contributed by atoms with Crippen LogP contribution in [0.4, 0.5) is 0 Å². The van der Waals surface area contributed by atoms with E-state index in [1.54, 1.807) is 6.92 Å². The van der Waals surface area contributed by atoms with Gasteiger partial charge in [-0.2, -0.15) is 0 Å². The molecular formula is C15H23N3OS. The van der Waals surface area contributed by atoms with Gasteiger partial charge in [0.05, 0.1) is 10.7 Å². The Morgan fingerprint density at radius 3 is 2.95 bits per heavy atom. The molecule has 4 nitrogen and oxygen atoms in total. The number of likely N-dealkylation sites (tertiary alicyclic amines) is 1. The maximum atomic E-state index is 11.4. The van der Waals surface area contributed by atoms with Gasteiger partial charge in [-0.1, -0.05) is 6.92 Å². The smallest absolute Gasteiger partial charge is 0.219 e. The average molecular weight is 293 g/mol. The summed E-state index contributed by atoms with van der Waals surface area (Å²) in [6.07, 6.45) is 3.68. The number of carbonyl (C=O) groups excluding carboxylic acids is 1. The second-order valence-corrected chi connectivity index (χ2v) is 7.06. The summed E-state index contributed by atoms with van der Waals surface area (Å²) in [5, 5.41) is 7.14. The third-order valence-electron chi connectivity index (χ3n) is 4.39. The van der Waals surface area contributed by atoms with Crippen molar-refractivity contribution in [3.63, 3.8) is 0 Å². The summed E-state index contributed by atoms with van der Waals surface area (Å²) in [5.74, 6) is 1.46. The van der Waals surface area contributed by atoms with Crippen LogP contribution in [0.1, 0.15) is 49.7 Å². The van der Waals surface area contributed by atoms with Crippen molar-refractivity contribution in [2.75, 3.05) is 13.1 Å². The number of hydrogen-bond acceptors (Lipinski definition) is 4. The van der Waals surface area contributed by atoms with Crippen molar-refractivity contribution in [3.05, 3.63) is 16.1 Å². The minimum Gasteiger partial charge on any atom is -0.343 e. The van der Waals surface area contributed by atoms with Crippen molar-refractivity contribution in [2.45, 2.75) is 51.6 Å². The average Bonchev–Trinajstić information content (AvgIpc) is 3.17. The molecule has 2 fully saturated rings. The molecule has 1 aliphatic carbocycles. The summed E-state index contributed by atoms with van der Waals surface area (Å²) in [6, 6.07) is 0.497. The topological polar surface area (TPSA) is 45.2 Å². The molecule has 1 aromatic heterocycles. The third kappa shape index (κ3) is 3.20. The predicted molar refractivity (Wildman–Crippen MR) is 80.8 cm³/mol. The molecule has 1 N–H and O–H groups in total. The van der Waals surface area contributed by atoms with Crippen LogP contribution in [0.2, 0.25) is 0 Å². The molecule has 2 atom stereocenters. The van der Waals surface area contributed by atoms with E-state index in [4.69, 9.17) is 4.98 Å². The Hall–Kier alpha value is -0.940. The highest BCUT2D eigenvalue weighted by Crippen LogP contribution is 2.41. The number of nitrogens with zero attached hydrogens (tertiary/aromatic N) is 2. The molecule has 0 bridgehead atoms. The minimum atomic E-state index is 0.198. The van der Waals surface area contributed by atoms with Crippen molar-refractivity contribution in [3.8, 4) is 0 Å². The quantitative estimate of drug-likeness (QED) is 0.927. The Labute approximate surface area is 124 Å². The van der Waals surface area contributed by atoms with E-state index in [2.05, 4.69) is 17.6 Å². The van der Waals surface area contributed by atoms with Crippen molar-refractivity contribution in [1.82, 2.24) is 15.2 Å². The Balaban J connectivity index is 1.49. The van der Waals surface area contributed by atoms with Crippen molar-refractivity contribution in [1.29, 1.82) is 0 Å². The molecule has 1 amide bonds. The van der Waals surface area contributed by atoms with Crippen LogP contribution in [0, 0.1) is 5.92 Å². The lowest BCUT2D eigenvalue weighted by molar-refractivity contribution is -0.130. The normalized spacial score (nSPS) is 26.8. The van der Waals surface area contributed by atoms with Crippen LogP contribution >= 0.6 is 11.3 Å². The summed E-state index contributed by atoms with van der Waals surface area (Å²) < 4.78 is 0. The van der Waals surface area contributed by atoms with E-state index in [0.29, 0.717) is 12.0 Å². The highest BCUT2D eigenvalue weighted by atomic mass is 32.1. The number of aromatic nitrogens is 1. The van der Waals surface area contributed by atoms with Crippen LogP contribution in [0.25, 0.3) is 0 Å². The van der Waals surface area contributed by atoms with Crippen LogP contribution in [-0.4, -0.2) is 34.9 Å². The fourth-order valence-corrected chi connectivity index (χ4v) is 3.88. The molecule has 3 rings (SSSR count). The van der Waals surface area contributed by atoms with Crippen LogP contribution < -0.4 is 5.32 Å². The third-order valence-corrected chi connectivity index (χ3v) is 5.45. The zero-order chi connectivity index (χ0) is 14.1. The number of nitrogens with one attached hydrogen (secondary N) is 1. The first-order valence-electron chi connectivity index (χ1n) is 7.56. The molecule has 110 valence electrons. The summed E-state index contributed by atoms with van der Waals surface area (Å²) in [7, 11) is 0. The van der Waals surface area contributed by atoms with Gasteiger partial charge in [-0.15, -0.1) is 11.3 Å². The summed E-state index contributed by atoms with van der Waals surface area (Å²) >= 11 is 1.81. The van der Waals surface area contributed by atoms with Gasteiger partial charge >= 0.3 is 0 Å². The van der Waals surface area contributed by atoms with Gasteiger partial charge in [-0.3, -0.25) is 4.79 Å². The summed E-state index contributed by atoms with van der Waals surface area (Å²) in [5.41, 5.74) is 1.18. The van der Waals surface area contributed by atoms with E-state index in [9.17, 15) is 4.79 Å². The van der Waals surface area contributed by atoms with Crippen molar-refractivity contribution >= 4 is 17.2 Å². The minimum absolute atomic E-state index is 0.198. The van der Waals surface area contributed by atoms with Gasteiger partial charge in [0.1, 0.15) is 0 Å². The molecule has 2 heterocycles. The number of piperidine rings is 1. The van der Waals surface area contributed by atoms with Gasteiger partial charge in [0.25, 0.3) is 0 Å². The summed E-state index contributed by atoms with van der Waals surface area (Å²) in [4.78, 5) is 18.1. The molecule has 1 saturated heterocycles. The zero-order valence-corrected chi connectivity index (χ0v) is 13.1. The Morgan fingerprint density at radius 1 is 1.50 bits per heavy atom. The van der Waals surface area contributed by atoms with Gasteiger partial charge in [0.2, 0.25) is 5.91 Å². The Kier molecular flexibility index (Phi) is 4.08. The first-order valence-corrected chi connectivity index (χ1v) is 8.44. The van der Waals surface area contributed by atoms with Gasteiger partial charge in [0, 0.05) is 43.9 Å². The largest absolute Gasteiger partial charge is 0.343 e. The molecule has 0 radical (unpaired) electrons. The summed E-state index contributed by atoms with van der Waals surface area (Å²) in [6.45, 7) is 6.50. The van der Waals surface area contributed by atoms with Gasteiger partial charge in [-0.05, 0) is 25.2 Å². The molecule has 0 spiro atoms. The van der Waals surface area contributed by atoms with Gasteiger partial charge in [-0.25, -0.2) is 4.98 Å². The number of thiazole rings is 1. The molecule has 0 aromatic carbocycles. The SMILES string of the molecule is CC(=O)N1CC[C@@H](NCc2csc(C3CC3)n2)[C@H](C)C1. The monoisotopic (exact) mass is 293 g/mol. The van der Waals surface area contributed by atoms with E-state index in [1.807, 2.05) is 16.2 Å². The van der Waals surface area contributed by atoms with E-state index in [0.717, 1.165) is 32.0 Å². The second-order valence-electron chi connectivity index (χ2n) is 6.17. The first-order chi connectivity index (χ1) is 9.63. The number of amides is 1. The van der Waals surface area contributed by atoms with Crippen LogP contribution in [-0.2, 0) is 11.3 Å². The van der Waals surface area contributed by atoms with Crippen LogP contribution in [0.5, 0.6) is 0 Å². The molecule has 1 aliphatic heterocycles. The standard InChI is InChI=1S/C15H23N3OS/c1-10-8-18(11(2)19)6-5-14(10)16-7-13-9-20-15(17-13)12-3-4-12/h9-10,12,14,16H,3-8H2,1-2H3/t10-,14-/m1/s1. The van der Waals surface area contributed by atoms with Crippen LogP contribution in [0.3, 0.4) is 0 Å². The highest BCUT2D eigenvalue weighted by Gasteiger charge is 2.28. The second kappa shape index (κ2) is 5.82. The number of carbonyl (C=O) groups is 1. The van der Waals surface area contributed by atoms with E-state index in [-0.39, 0.29) is 5.91 Å². The number of rotatable bonds is 4. The maximum Gasteiger partial charge on any atom is 0.219 e. The van der Waals surface area contributed by atoms with E-state index in [1.165, 1.54) is 23.5 Å². The Bertz CT molecular complexity index is 483. The van der Waals surface area contributed by atoms with Crippen LogP contribution in [0.15, 0.2) is 5.38 Å². The van der Waals surface area contributed by atoms with Crippen molar-refractivity contribution in [2.24, 2.45) is 5.92 Å². The maximum absolute atomic E-state index is 11.4. The molecule has 5 heteroatoms. The molecule has 0 unspecified atom stereocenters. The fraction of sp³-hybridized carbons (Fsp3) is 0.733. The number of hydrogen-bond donors (Lipinski definition) is 1. The lowest BCUT2D eigenvalue weighted by atomic mass is 9.94. The molecule has 1 aromatic rings. The fourth-order valence-electron chi connectivity index (χ4n) is 2.89. The lowest BCUT2D eigenvalue weighted by Crippen LogP contribution is -2.49. The van der Waals surface area contributed by atoms with Crippen molar-refractivity contribution < 1.29 is 4.79 Å². The molecule has 20 heavy (non-hydrogen) atoms. The van der Waals surface area contributed by atoms with E-state index >= 15 is 0 Å². The van der Waals surface area contributed by atoms with Gasteiger partial charge in [0.15, 0.2) is 0 Å². The highest BCUT2D eigenvalue weighted by molar-refractivity contribution is 7.09. The predicted octanol–water partition coefficient (Wildman–Crippen LogP) is 2.37. The molecule has 1 saturated carbocycles. The molecule has 2 aliphatic rings. The van der Waals surface area contributed by atoms with Gasteiger partial charge < -0.3 is 10.2 Å². The first kappa shape index (κ1) is 14.0. The lowest BCUT2D eigenvalue weighted by Gasteiger charge is -2.36. The van der Waals surface area contributed by atoms with E-state index < -0.39 is 0 Å². The molecular weight excluding hydrogens is 270 g/mol. The zero-order valence-electron chi connectivity index (χ0n) is 12.3. The Morgan fingerprint density at radius 2 is 2.30 bits per heavy atom.